The van der Waals surface area contributed by atoms with Crippen LogP contribution >= 0.6 is 15.9 Å². The molecule has 0 N–H and O–H groups in total. The molecular formula is C17H19BrO4S. The SMILES string of the molecule is CC(C)(C)OC(=O)CCS(=O)(=O)c1ccc2cc(Br)ccc2c1. The van der Waals surface area contributed by atoms with Crippen molar-refractivity contribution in [3.05, 3.63) is 40.9 Å². The van der Waals surface area contributed by atoms with Crippen molar-refractivity contribution in [2.75, 3.05) is 5.75 Å². The Labute approximate surface area is 144 Å². The molecule has 0 saturated heterocycles. The standard InChI is InChI=1S/C17H19BrO4S/c1-17(2,3)22-16(19)8-9-23(20,21)15-7-5-12-10-14(18)6-4-13(12)11-15/h4-7,10-11H,8-9H2,1-3H3. The van der Waals surface area contributed by atoms with Gasteiger partial charge in [0.2, 0.25) is 0 Å². The molecule has 2 aromatic carbocycles. The van der Waals surface area contributed by atoms with Crippen LogP contribution in [0.2, 0.25) is 0 Å². The van der Waals surface area contributed by atoms with E-state index in [9.17, 15) is 13.2 Å². The van der Waals surface area contributed by atoms with Gasteiger partial charge in [-0.3, -0.25) is 4.79 Å². The van der Waals surface area contributed by atoms with E-state index in [0.29, 0.717) is 0 Å². The highest BCUT2D eigenvalue weighted by atomic mass is 79.9. The lowest BCUT2D eigenvalue weighted by atomic mass is 10.1. The molecule has 0 aliphatic rings. The minimum absolute atomic E-state index is 0.155. The molecule has 0 heterocycles. The summed E-state index contributed by atoms with van der Waals surface area (Å²) in [6, 6.07) is 10.6. The van der Waals surface area contributed by atoms with E-state index >= 15 is 0 Å². The zero-order chi connectivity index (χ0) is 17.3. The molecule has 23 heavy (non-hydrogen) atoms. The smallest absolute Gasteiger partial charge is 0.307 e. The maximum absolute atomic E-state index is 12.4. The van der Waals surface area contributed by atoms with Gasteiger partial charge in [-0.25, -0.2) is 8.42 Å². The molecule has 2 rings (SSSR count). The molecule has 0 aliphatic heterocycles. The van der Waals surface area contributed by atoms with Gasteiger partial charge in [-0.1, -0.05) is 28.1 Å². The number of fused-ring (bicyclic) bond motifs is 1. The Balaban J connectivity index is 2.16. The maximum Gasteiger partial charge on any atom is 0.307 e. The quantitative estimate of drug-likeness (QED) is 0.727. The van der Waals surface area contributed by atoms with Crippen LogP contribution in [0.5, 0.6) is 0 Å². The summed E-state index contributed by atoms with van der Waals surface area (Å²) in [6.45, 7) is 5.25. The van der Waals surface area contributed by atoms with E-state index in [1.807, 2.05) is 18.2 Å². The largest absolute Gasteiger partial charge is 0.460 e. The highest BCUT2D eigenvalue weighted by molar-refractivity contribution is 9.10. The monoisotopic (exact) mass is 398 g/mol. The van der Waals surface area contributed by atoms with Crippen LogP contribution in [-0.2, 0) is 19.4 Å². The summed E-state index contributed by atoms with van der Waals surface area (Å²) < 4.78 is 30.9. The molecule has 0 bridgehead atoms. The molecule has 6 heteroatoms. The fourth-order valence-corrected chi connectivity index (χ4v) is 3.75. The molecule has 0 amide bonds. The summed E-state index contributed by atoms with van der Waals surface area (Å²) in [7, 11) is -3.53. The first-order valence-corrected chi connectivity index (χ1v) is 9.65. The molecule has 0 saturated carbocycles. The average molecular weight is 399 g/mol. The summed E-state index contributed by atoms with van der Waals surface area (Å²) in [5.74, 6) is -0.768. The van der Waals surface area contributed by atoms with E-state index in [1.54, 1.807) is 39.0 Å². The van der Waals surface area contributed by atoms with E-state index in [2.05, 4.69) is 15.9 Å². The van der Waals surface area contributed by atoms with Gasteiger partial charge < -0.3 is 4.74 Å². The molecule has 2 aromatic rings. The molecule has 0 spiro atoms. The van der Waals surface area contributed by atoms with Crippen LogP contribution in [0, 0.1) is 0 Å². The molecule has 0 aromatic heterocycles. The average Bonchev–Trinajstić information content (AvgIpc) is 2.43. The lowest BCUT2D eigenvalue weighted by Crippen LogP contribution is -2.25. The summed E-state index contributed by atoms with van der Waals surface area (Å²) in [5, 5.41) is 1.79. The van der Waals surface area contributed by atoms with Crippen LogP contribution in [-0.4, -0.2) is 25.7 Å². The third-order valence-electron chi connectivity index (χ3n) is 3.13. The van der Waals surface area contributed by atoms with E-state index in [1.165, 1.54) is 0 Å². The summed E-state index contributed by atoms with van der Waals surface area (Å²) in [6.07, 6.45) is -0.155. The number of hydrogen-bond donors (Lipinski definition) is 0. The number of sulfone groups is 1. The fraction of sp³-hybridized carbons (Fsp3) is 0.353. The van der Waals surface area contributed by atoms with Crippen molar-refractivity contribution in [3.63, 3.8) is 0 Å². The molecule has 124 valence electrons. The van der Waals surface area contributed by atoms with Crippen molar-refractivity contribution in [1.29, 1.82) is 0 Å². The number of esters is 1. The van der Waals surface area contributed by atoms with Gasteiger partial charge in [-0.2, -0.15) is 0 Å². The molecule has 0 fully saturated rings. The minimum Gasteiger partial charge on any atom is -0.460 e. The van der Waals surface area contributed by atoms with Crippen LogP contribution in [0.1, 0.15) is 27.2 Å². The van der Waals surface area contributed by atoms with Crippen LogP contribution in [0.3, 0.4) is 0 Å². The van der Waals surface area contributed by atoms with Crippen LogP contribution in [0.4, 0.5) is 0 Å². The van der Waals surface area contributed by atoms with Gasteiger partial charge in [0, 0.05) is 4.47 Å². The van der Waals surface area contributed by atoms with Gasteiger partial charge in [0.15, 0.2) is 9.84 Å². The predicted octanol–water partition coefficient (Wildman–Crippen LogP) is 4.11. The fourth-order valence-electron chi connectivity index (χ4n) is 2.12. The number of hydrogen-bond acceptors (Lipinski definition) is 4. The molecule has 0 aliphatic carbocycles. The second-order valence-corrected chi connectivity index (χ2v) is 9.33. The number of carbonyl (C=O) groups is 1. The summed E-state index contributed by atoms with van der Waals surface area (Å²) in [5.41, 5.74) is -0.614. The molecule has 4 nitrogen and oxygen atoms in total. The third kappa shape index (κ3) is 5.04. The number of halogens is 1. The van der Waals surface area contributed by atoms with Gasteiger partial charge in [-0.05, 0) is 55.8 Å². The number of rotatable bonds is 4. The Morgan fingerprint density at radius 1 is 1.09 bits per heavy atom. The Hall–Kier alpha value is -1.40. The zero-order valence-corrected chi connectivity index (χ0v) is 15.7. The van der Waals surface area contributed by atoms with Crippen LogP contribution in [0.15, 0.2) is 45.8 Å². The lowest BCUT2D eigenvalue weighted by Gasteiger charge is -2.19. The van der Waals surface area contributed by atoms with Crippen molar-refractivity contribution in [3.8, 4) is 0 Å². The second-order valence-electron chi connectivity index (χ2n) is 6.31. The van der Waals surface area contributed by atoms with Crippen molar-refractivity contribution in [2.24, 2.45) is 0 Å². The van der Waals surface area contributed by atoms with Crippen molar-refractivity contribution >= 4 is 42.5 Å². The van der Waals surface area contributed by atoms with Gasteiger partial charge in [0.05, 0.1) is 17.1 Å². The van der Waals surface area contributed by atoms with Gasteiger partial charge in [-0.15, -0.1) is 0 Å². The lowest BCUT2D eigenvalue weighted by molar-refractivity contribution is -0.154. The molecule has 0 atom stereocenters. The number of carbonyl (C=O) groups excluding carboxylic acids is 1. The highest BCUT2D eigenvalue weighted by Gasteiger charge is 2.21. The predicted molar refractivity (Wildman–Crippen MR) is 94.2 cm³/mol. The van der Waals surface area contributed by atoms with Crippen molar-refractivity contribution in [1.82, 2.24) is 0 Å². The van der Waals surface area contributed by atoms with Crippen LogP contribution in [0.25, 0.3) is 10.8 Å². The Morgan fingerprint density at radius 3 is 2.35 bits per heavy atom. The second kappa shape index (κ2) is 6.61. The van der Waals surface area contributed by atoms with E-state index in [4.69, 9.17) is 4.74 Å². The molecule has 0 radical (unpaired) electrons. The number of benzene rings is 2. The third-order valence-corrected chi connectivity index (χ3v) is 5.33. The van der Waals surface area contributed by atoms with Gasteiger partial charge in [0.25, 0.3) is 0 Å². The van der Waals surface area contributed by atoms with Gasteiger partial charge >= 0.3 is 5.97 Å². The van der Waals surface area contributed by atoms with Crippen molar-refractivity contribution < 1.29 is 17.9 Å². The van der Waals surface area contributed by atoms with Gasteiger partial charge in [0.1, 0.15) is 5.60 Å². The first-order chi connectivity index (χ1) is 10.6. The Kier molecular flexibility index (Phi) is 5.16. The van der Waals surface area contributed by atoms with Crippen molar-refractivity contribution in [2.45, 2.75) is 37.7 Å². The van der Waals surface area contributed by atoms with E-state index in [0.717, 1.165) is 15.2 Å². The zero-order valence-electron chi connectivity index (χ0n) is 13.3. The summed E-state index contributed by atoms with van der Waals surface area (Å²) in [4.78, 5) is 11.9. The Morgan fingerprint density at radius 2 is 1.70 bits per heavy atom. The van der Waals surface area contributed by atoms with E-state index in [-0.39, 0.29) is 17.1 Å². The molecular weight excluding hydrogens is 380 g/mol. The highest BCUT2D eigenvalue weighted by Crippen LogP contribution is 2.24. The normalized spacial score (nSPS) is 12.3. The number of ether oxygens (including phenoxy) is 1. The first kappa shape index (κ1) is 17.9. The molecule has 0 unspecified atom stereocenters. The van der Waals surface area contributed by atoms with E-state index < -0.39 is 21.4 Å². The summed E-state index contributed by atoms with van der Waals surface area (Å²) >= 11 is 3.39. The Bertz CT molecular complexity index is 835. The first-order valence-electron chi connectivity index (χ1n) is 7.21. The minimum atomic E-state index is -3.53. The maximum atomic E-state index is 12.4. The van der Waals surface area contributed by atoms with Crippen LogP contribution < -0.4 is 0 Å². The topological polar surface area (TPSA) is 60.4 Å².